The Bertz CT molecular complexity index is 873. The first-order valence-electron chi connectivity index (χ1n) is 7.35. The highest BCUT2D eigenvalue weighted by Gasteiger charge is 2.15. The Labute approximate surface area is 143 Å². The molecule has 1 aromatic rings. The normalized spacial score (nSPS) is 19.5. The van der Waals surface area contributed by atoms with Crippen molar-refractivity contribution in [3.63, 3.8) is 0 Å². The highest BCUT2D eigenvalue weighted by Crippen LogP contribution is 2.09. The third-order valence-corrected chi connectivity index (χ3v) is 3.31. The lowest BCUT2D eigenvalue weighted by atomic mass is 10.2. The van der Waals surface area contributed by atoms with Crippen LogP contribution in [0.15, 0.2) is 74.1 Å². The minimum Gasteiger partial charge on any atom is -0.612 e. The number of nitrogens with one attached hydrogen (secondary N) is 2. The standard InChI is InChI=1S/C16H14N7O2/c1-11(20-22-16-14(23(24)25)8-5-9-17-16)13-10-18-21-15(19-13)12-6-3-2-4-7-12/h2-10,20H,1H3,(H-,19,21,24,25)/q-1. The highest BCUT2D eigenvalue weighted by molar-refractivity contribution is 6.46. The number of hydrogen-bond donors (Lipinski definition) is 2. The molecule has 9 nitrogen and oxygen atoms in total. The first-order valence-corrected chi connectivity index (χ1v) is 7.35. The van der Waals surface area contributed by atoms with Gasteiger partial charge in [0.05, 0.1) is 11.9 Å². The Morgan fingerprint density at radius 2 is 2.04 bits per heavy atom. The molecule has 2 heterocycles. The Morgan fingerprint density at radius 3 is 2.80 bits per heavy atom. The molecule has 1 aromatic carbocycles. The molecule has 2 aliphatic heterocycles. The van der Waals surface area contributed by atoms with Gasteiger partial charge in [0, 0.05) is 17.9 Å². The van der Waals surface area contributed by atoms with Crippen LogP contribution in [0, 0.1) is 10.4 Å². The fourth-order valence-electron chi connectivity index (χ4n) is 2.05. The molecule has 0 radical (unpaired) electrons. The van der Waals surface area contributed by atoms with Gasteiger partial charge in [-0.1, -0.05) is 30.3 Å². The van der Waals surface area contributed by atoms with Gasteiger partial charge in [0.2, 0.25) is 5.84 Å². The van der Waals surface area contributed by atoms with Crippen LogP contribution in [0.4, 0.5) is 0 Å². The molecule has 0 unspecified atom stereocenters. The molecular weight excluding hydrogens is 322 g/mol. The molecule has 2 aliphatic rings. The van der Waals surface area contributed by atoms with Crippen molar-refractivity contribution in [3.8, 4) is 0 Å². The molecule has 0 atom stereocenters. The van der Waals surface area contributed by atoms with E-state index in [2.05, 4.69) is 31.0 Å². The number of benzene rings is 1. The predicted octanol–water partition coefficient (Wildman–Crippen LogP) is 1.25. The summed E-state index contributed by atoms with van der Waals surface area (Å²) in [5.41, 5.74) is 7.44. The Balaban J connectivity index is 1.84. The van der Waals surface area contributed by atoms with Crippen molar-refractivity contribution in [2.75, 3.05) is 0 Å². The summed E-state index contributed by atoms with van der Waals surface area (Å²) in [6.45, 7) is 1.75. The van der Waals surface area contributed by atoms with Gasteiger partial charge < -0.3 is 10.4 Å². The molecule has 0 saturated carbocycles. The number of aliphatic imine (C=N–C) groups is 2. The SMILES string of the molecule is CC(NN=C1N=CC=CC1=[N+]([O-])[O-])=C1C=NNC(c2ccccc2)=N1. The predicted molar refractivity (Wildman–Crippen MR) is 97.5 cm³/mol. The van der Waals surface area contributed by atoms with Gasteiger partial charge in [0.1, 0.15) is 5.70 Å². The second-order valence-electron chi connectivity index (χ2n) is 5.03. The summed E-state index contributed by atoms with van der Waals surface area (Å²) < 4.78 is 0. The maximum Gasteiger partial charge on any atom is 0.269 e. The van der Waals surface area contributed by atoms with Crippen LogP contribution in [-0.4, -0.2) is 34.7 Å². The summed E-state index contributed by atoms with van der Waals surface area (Å²) >= 11 is 0. The van der Waals surface area contributed by atoms with Crippen molar-refractivity contribution in [3.05, 3.63) is 69.9 Å². The van der Waals surface area contributed by atoms with E-state index in [4.69, 9.17) is 0 Å². The van der Waals surface area contributed by atoms with Gasteiger partial charge in [-0.15, -0.1) is 5.10 Å². The maximum atomic E-state index is 11.0. The van der Waals surface area contributed by atoms with Crippen molar-refractivity contribution in [1.29, 1.82) is 0 Å². The molecule has 25 heavy (non-hydrogen) atoms. The molecule has 126 valence electrons. The zero-order valence-corrected chi connectivity index (χ0v) is 13.2. The van der Waals surface area contributed by atoms with E-state index >= 15 is 0 Å². The average molecular weight is 336 g/mol. The van der Waals surface area contributed by atoms with Crippen molar-refractivity contribution in [2.45, 2.75) is 6.92 Å². The number of hydrogen-bond acceptors (Lipinski definition) is 7. The maximum absolute atomic E-state index is 11.0. The molecule has 0 saturated heterocycles. The quantitative estimate of drug-likeness (QED) is 0.637. The van der Waals surface area contributed by atoms with Crippen LogP contribution >= 0.6 is 0 Å². The number of nitrogens with zero attached hydrogens (tertiary/aromatic N) is 5. The molecule has 0 spiro atoms. The fraction of sp³-hybridized carbons (Fsp3) is 0.0625. The lowest BCUT2D eigenvalue weighted by molar-refractivity contribution is -0.376. The van der Waals surface area contributed by atoms with Crippen LogP contribution in [0.5, 0.6) is 0 Å². The van der Waals surface area contributed by atoms with Crippen LogP contribution in [-0.2, 0) is 0 Å². The monoisotopic (exact) mass is 336 g/mol. The number of allylic oxidation sites excluding steroid dienone is 3. The topological polar surface area (TPSA) is 123 Å². The molecule has 3 rings (SSSR count). The third-order valence-electron chi connectivity index (χ3n) is 3.31. The molecule has 0 bridgehead atoms. The van der Waals surface area contributed by atoms with Crippen LogP contribution in [0.2, 0.25) is 0 Å². The molecule has 0 fully saturated rings. The van der Waals surface area contributed by atoms with E-state index in [9.17, 15) is 10.4 Å². The molecule has 0 aromatic heterocycles. The lowest BCUT2D eigenvalue weighted by Crippen LogP contribution is -2.25. The van der Waals surface area contributed by atoms with Crippen molar-refractivity contribution < 1.29 is 4.90 Å². The van der Waals surface area contributed by atoms with Gasteiger partial charge in [-0.05, 0) is 13.0 Å². The molecule has 9 heteroatoms. The zero-order valence-electron chi connectivity index (χ0n) is 13.2. The Morgan fingerprint density at radius 1 is 1.24 bits per heavy atom. The summed E-state index contributed by atoms with van der Waals surface area (Å²) in [6, 6.07) is 9.55. The summed E-state index contributed by atoms with van der Waals surface area (Å²) in [7, 11) is 0. The van der Waals surface area contributed by atoms with Gasteiger partial charge in [0.15, 0.2) is 5.84 Å². The van der Waals surface area contributed by atoms with E-state index in [1.54, 1.807) is 6.92 Å². The average Bonchev–Trinajstić information content (AvgIpc) is 2.67. The number of hydrazone groups is 2. The van der Waals surface area contributed by atoms with E-state index in [-0.39, 0.29) is 11.5 Å². The van der Waals surface area contributed by atoms with Crippen molar-refractivity contribution >= 4 is 29.8 Å². The van der Waals surface area contributed by atoms with E-state index in [1.807, 2.05) is 30.3 Å². The summed E-state index contributed by atoms with van der Waals surface area (Å²) in [4.78, 5) is 7.85. The minimum atomic E-state index is -0.534. The molecule has 2 N–H and O–H groups in total. The van der Waals surface area contributed by atoms with Crippen molar-refractivity contribution in [1.82, 2.24) is 10.9 Å². The Hall–Kier alpha value is -3.75. The second-order valence-corrected chi connectivity index (χ2v) is 5.03. The summed E-state index contributed by atoms with van der Waals surface area (Å²) in [5.74, 6) is 0.591. The third kappa shape index (κ3) is 3.78. The number of rotatable bonds is 3. The van der Waals surface area contributed by atoms with Crippen LogP contribution in [0.3, 0.4) is 0 Å². The van der Waals surface area contributed by atoms with E-state index in [0.29, 0.717) is 17.2 Å². The summed E-state index contributed by atoms with van der Waals surface area (Å²) in [5, 5.41) is 30.0. The van der Waals surface area contributed by atoms with Gasteiger partial charge >= 0.3 is 0 Å². The fourth-order valence-corrected chi connectivity index (χ4v) is 2.05. The smallest absolute Gasteiger partial charge is 0.269 e. The van der Waals surface area contributed by atoms with Crippen LogP contribution in [0.25, 0.3) is 0 Å². The second kappa shape index (κ2) is 7.21. The largest absolute Gasteiger partial charge is 0.612 e. The Kier molecular flexibility index (Phi) is 4.65. The van der Waals surface area contributed by atoms with Gasteiger partial charge in [-0.25, -0.2) is 9.98 Å². The van der Waals surface area contributed by atoms with E-state index < -0.39 is 4.90 Å². The van der Waals surface area contributed by atoms with E-state index in [0.717, 1.165) is 5.56 Å². The molecule has 0 aliphatic carbocycles. The minimum absolute atomic E-state index is 0.00872. The summed E-state index contributed by atoms with van der Waals surface area (Å²) in [6.07, 6.45) is 5.80. The number of dihydropyridines is 1. The van der Waals surface area contributed by atoms with Crippen LogP contribution in [0.1, 0.15) is 12.5 Å². The molecule has 0 amide bonds. The first kappa shape index (κ1) is 16.1. The number of amidine groups is 2. The van der Waals surface area contributed by atoms with Crippen molar-refractivity contribution in [2.24, 2.45) is 20.2 Å². The van der Waals surface area contributed by atoms with E-state index in [1.165, 1.54) is 24.6 Å². The first-order chi connectivity index (χ1) is 12.1. The van der Waals surface area contributed by atoms with Gasteiger partial charge in [0.25, 0.3) is 5.71 Å². The molecular formula is C16H14N7O2-. The zero-order chi connectivity index (χ0) is 17.6. The lowest BCUT2D eigenvalue weighted by Gasteiger charge is -2.13. The van der Waals surface area contributed by atoms with Gasteiger partial charge in [-0.3, -0.25) is 10.9 Å². The highest BCUT2D eigenvalue weighted by atomic mass is 16.8. The van der Waals surface area contributed by atoms with Crippen LogP contribution < -0.4 is 10.9 Å². The van der Waals surface area contributed by atoms with Gasteiger partial charge in [-0.2, -0.15) is 10.0 Å².